The first kappa shape index (κ1) is 16.4. The molecule has 1 amide bonds. The minimum absolute atomic E-state index is 0.0489. The summed E-state index contributed by atoms with van der Waals surface area (Å²) < 4.78 is 10.1. The van der Waals surface area contributed by atoms with Crippen molar-refractivity contribution in [1.29, 1.82) is 0 Å². The number of thiazole rings is 1. The second kappa shape index (κ2) is 7.89. The highest BCUT2D eigenvalue weighted by Crippen LogP contribution is 2.27. The molecule has 3 rings (SSSR count). The van der Waals surface area contributed by atoms with E-state index in [4.69, 9.17) is 9.15 Å². The lowest BCUT2D eigenvalue weighted by molar-refractivity contribution is -0.148. The number of thiophene rings is 1. The molecule has 0 aliphatic carbocycles. The molecule has 124 valence electrons. The average Bonchev–Trinajstić information content (AvgIpc) is 3.31. The lowest BCUT2D eigenvalue weighted by Crippen LogP contribution is -2.28. The molecular formula is C16H14N2O4S2. The lowest BCUT2D eigenvalue weighted by Gasteiger charge is -2.04. The molecule has 24 heavy (non-hydrogen) atoms. The Morgan fingerprint density at radius 1 is 1.25 bits per heavy atom. The van der Waals surface area contributed by atoms with Crippen molar-refractivity contribution in [2.75, 3.05) is 6.61 Å². The van der Waals surface area contributed by atoms with Gasteiger partial charge in [0.1, 0.15) is 10.8 Å². The van der Waals surface area contributed by atoms with Crippen LogP contribution in [0.5, 0.6) is 0 Å². The summed E-state index contributed by atoms with van der Waals surface area (Å²) in [5.41, 5.74) is 0.643. The number of furan rings is 1. The molecule has 3 aromatic rings. The van der Waals surface area contributed by atoms with E-state index in [2.05, 4.69) is 10.3 Å². The fourth-order valence-corrected chi connectivity index (χ4v) is 3.53. The summed E-state index contributed by atoms with van der Waals surface area (Å²) in [6.07, 6.45) is 1.58. The van der Waals surface area contributed by atoms with Gasteiger partial charge in [-0.1, -0.05) is 6.07 Å². The summed E-state index contributed by atoms with van der Waals surface area (Å²) >= 11 is 3.08. The van der Waals surface area contributed by atoms with Gasteiger partial charge in [0.15, 0.2) is 6.61 Å². The van der Waals surface area contributed by atoms with Crippen molar-refractivity contribution in [2.45, 2.75) is 13.0 Å². The number of nitrogens with zero attached hydrogens (tertiary/aromatic N) is 1. The molecule has 0 aliphatic rings. The molecule has 3 aromatic heterocycles. The van der Waals surface area contributed by atoms with Gasteiger partial charge in [-0.15, -0.1) is 22.7 Å². The Morgan fingerprint density at radius 3 is 2.92 bits per heavy atom. The summed E-state index contributed by atoms with van der Waals surface area (Å²) in [6.45, 7) is -0.0545. The number of carbonyl (C=O) groups excluding carboxylic acids is 2. The molecule has 0 radical (unpaired) electrons. The van der Waals surface area contributed by atoms with E-state index in [0.29, 0.717) is 11.5 Å². The number of nitrogens with one attached hydrogen (secondary N) is 1. The maximum absolute atomic E-state index is 11.8. The van der Waals surface area contributed by atoms with E-state index in [1.54, 1.807) is 23.5 Å². The van der Waals surface area contributed by atoms with Crippen molar-refractivity contribution in [2.24, 2.45) is 0 Å². The van der Waals surface area contributed by atoms with Crippen LogP contribution in [0.2, 0.25) is 0 Å². The highest BCUT2D eigenvalue weighted by atomic mass is 32.1. The predicted molar refractivity (Wildman–Crippen MR) is 90.6 cm³/mol. The van der Waals surface area contributed by atoms with Gasteiger partial charge in [0, 0.05) is 5.38 Å². The van der Waals surface area contributed by atoms with Crippen LogP contribution in [-0.4, -0.2) is 23.5 Å². The zero-order valence-electron chi connectivity index (χ0n) is 12.6. The first-order chi connectivity index (χ1) is 11.7. The van der Waals surface area contributed by atoms with Crippen LogP contribution in [0, 0.1) is 0 Å². The minimum Gasteiger partial charge on any atom is -0.467 e. The van der Waals surface area contributed by atoms with Crippen LogP contribution in [0.3, 0.4) is 0 Å². The van der Waals surface area contributed by atoms with E-state index in [1.165, 1.54) is 17.6 Å². The van der Waals surface area contributed by atoms with Crippen LogP contribution >= 0.6 is 22.7 Å². The summed E-state index contributed by atoms with van der Waals surface area (Å²) in [6, 6.07) is 7.42. The van der Waals surface area contributed by atoms with Crippen LogP contribution in [0.25, 0.3) is 9.88 Å². The highest BCUT2D eigenvalue weighted by molar-refractivity contribution is 7.20. The highest BCUT2D eigenvalue weighted by Gasteiger charge is 2.12. The number of hydrogen-bond acceptors (Lipinski definition) is 7. The number of carbonyl (C=O) groups is 2. The van der Waals surface area contributed by atoms with Gasteiger partial charge in [-0.05, 0) is 23.6 Å². The normalized spacial score (nSPS) is 10.5. The molecule has 0 aliphatic heterocycles. The quantitative estimate of drug-likeness (QED) is 0.654. The third kappa shape index (κ3) is 4.53. The van der Waals surface area contributed by atoms with Crippen molar-refractivity contribution >= 4 is 34.6 Å². The van der Waals surface area contributed by atoms with Gasteiger partial charge in [0.05, 0.1) is 29.8 Å². The van der Waals surface area contributed by atoms with Crippen LogP contribution in [0.1, 0.15) is 11.5 Å². The Morgan fingerprint density at radius 2 is 2.17 bits per heavy atom. The van der Waals surface area contributed by atoms with E-state index >= 15 is 0 Å². The van der Waals surface area contributed by atoms with Gasteiger partial charge in [-0.25, -0.2) is 4.98 Å². The molecule has 0 atom stereocenters. The van der Waals surface area contributed by atoms with Crippen molar-refractivity contribution in [1.82, 2.24) is 10.3 Å². The van der Waals surface area contributed by atoms with Crippen LogP contribution < -0.4 is 5.32 Å². The van der Waals surface area contributed by atoms with Crippen molar-refractivity contribution in [3.63, 3.8) is 0 Å². The average molecular weight is 362 g/mol. The molecule has 0 fully saturated rings. The van der Waals surface area contributed by atoms with E-state index < -0.39 is 5.97 Å². The number of amides is 1. The molecule has 3 heterocycles. The Kier molecular flexibility index (Phi) is 5.39. The Hall–Kier alpha value is -2.45. The van der Waals surface area contributed by atoms with Gasteiger partial charge in [-0.2, -0.15) is 0 Å². The van der Waals surface area contributed by atoms with E-state index in [1.807, 2.05) is 22.9 Å². The summed E-state index contributed by atoms with van der Waals surface area (Å²) in [7, 11) is 0. The first-order valence-electron chi connectivity index (χ1n) is 7.13. The Bertz CT molecular complexity index is 794. The largest absolute Gasteiger partial charge is 0.467 e. The zero-order valence-corrected chi connectivity index (χ0v) is 14.2. The summed E-state index contributed by atoms with van der Waals surface area (Å²) in [4.78, 5) is 28.9. The minimum atomic E-state index is -0.480. The maximum atomic E-state index is 11.8. The number of ether oxygens (including phenoxy) is 1. The zero-order chi connectivity index (χ0) is 16.8. The van der Waals surface area contributed by atoms with Gasteiger partial charge in [-0.3, -0.25) is 9.59 Å². The fraction of sp³-hybridized carbons (Fsp3) is 0.188. The van der Waals surface area contributed by atoms with Crippen LogP contribution in [0.15, 0.2) is 45.7 Å². The van der Waals surface area contributed by atoms with Crippen molar-refractivity contribution < 1.29 is 18.7 Å². The molecule has 0 saturated carbocycles. The molecule has 6 nitrogen and oxygen atoms in total. The summed E-state index contributed by atoms with van der Waals surface area (Å²) in [5.74, 6) is -0.221. The topological polar surface area (TPSA) is 81.4 Å². The molecular weight excluding hydrogens is 348 g/mol. The molecule has 0 unspecified atom stereocenters. The molecule has 0 aromatic carbocycles. The number of esters is 1. The second-order valence-corrected chi connectivity index (χ2v) is 6.62. The van der Waals surface area contributed by atoms with Gasteiger partial charge in [0.2, 0.25) is 0 Å². The monoisotopic (exact) mass is 362 g/mol. The van der Waals surface area contributed by atoms with Gasteiger partial charge < -0.3 is 14.5 Å². The molecule has 0 spiro atoms. The van der Waals surface area contributed by atoms with Crippen molar-refractivity contribution in [3.8, 4) is 9.88 Å². The maximum Gasteiger partial charge on any atom is 0.312 e. The predicted octanol–water partition coefficient (Wildman–Crippen LogP) is 2.87. The Balaban J connectivity index is 1.41. The molecule has 0 saturated heterocycles. The number of hydrogen-bond donors (Lipinski definition) is 1. The van der Waals surface area contributed by atoms with Crippen molar-refractivity contribution in [3.05, 3.63) is 52.7 Å². The molecule has 0 bridgehead atoms. The number of rotatable bonds is 7. The smallest absolute Gasteiger partial charge is 0.312 e. The lowest BCUT2D eigenvalue weighted by atomic mass is 10.3. The Labute approximate surface area is 146 Å². The summed E-state index contributed by atoms with van der Waals surface area (Å²) in [5, 5.41) is 7.29. The third-order valence-corrected chi connectivity index (χ3v) is 4.94. The van der Waals surface area contributed by atoms with E-state index in [9.17, 15) is 9.59 Å². The first-order valence-corrected chi connectivity index (χ1v) is 8.89. The fourth-order valence-electron chi connectivity index (χ4n) is 1.90. The van der Waals surface area contributed by atoms with Gasteiger partial charge >= 0.3 is 5.97 Å². The third-order valence-electron chi connectivity index (χ3n) is 3.01. The van der Waals surface area contributed by atoms with Crippen LogP contribution in [0.4, 0.5) is 0 Å². The van der Waals surface area contributed by atoms with Crippen LogP contribution in [-0.2, 0) is 27.3 Å². The van der Waals surface area contributed by atoms with E-state index in [-0.39, 0.29) is 25.5 Å². The van der Waals surface area contributed by atoms with Gasteiger partial charge in [0.25, 0.3) is 5.91 Å². The molecule has 8 heteroatoms. The standard InChI is InChI=1S/C16H14N2O4S2/c19-14(17-8-12-3-1-5-21-12)9-22-15(20)7-11-10-24-16(18-11)13-4-2-6-23-13/h1-6,10H,7-9H2,(H,17,19). The number of aromatic nitrogens is 1. The van der Waals surface area contributed by atoms with E-state index in [0.717, 1.165) is 9.88 Å². The second-order valence-electron chi connectivity index (χ2n) is 4.81. The SMILES string of the molecule is O=C(COC(=O)Cc1csc(-c2cccs2)n1)NCc1ccco1. The molecule has 1 N–H and O–H groups in total.